The molecule has 2 rings (SSSR count). The van der Waals surface area contributed by atoms with Gasteiger partial charge in [-0.05, 0) is 20.8 Å². The standard InChI is InChI=1S/C15H23N5O2/c1-10(2)20-6-5-19(9-13(20)14(21)16-4)15(22)12-7-17-11(3)18-8-12/h7-8,10,13H,5-6,9H2,1-4H3,(H,16,21)/t13-/m0/s1. The van der Waals surface area contributed by atoms with Crippen molar-refractivity contribution in [2.75, 3.05) is 26.7 Å². The van der Waals surface area contributed by atoms with Gasteiger partial charge in [-0.1, -0.05) is 0 Å². The first kappa shape index (κ1) is 16.4. The van der Waals surface area contributed by atoms with E-state index in [1.807, 2.05) is 0 Å². The molecule has 1 aliphatic rings. The number of likely N-dealkylation sites (N-methyl/N-ethyl adjacent to an activating group) is 1. The minimum atomic E-state index is -0.325. The molecular formula is C15H23N5O2. The zero-order valence-electron chi connectivity index (χ0n) is 13.5. The van der Waals surface area contributed by atoms with Gasteiger partial charge in [0, 0.05) is 45.1 Å². The molecule has 0 unspecified atom stereocenters. The summed E-state index contributed by atoms with van der Waals surface area (Å²) in [7, 11) is 1.62. The summed E-state index contributed by atoms with van der Waals surface area (Å²) >= 11 is 0. The van der Waals surface area contributed by atoms with Gasteiger partial charge >= 0.3 is 0 Å². The molecule has 0 saturated carbocycles. The number of carbonyl (C=O) groups is 2. The third kappa shape index (κ3) is 3.41. The van der Waals surface area contributed by atoms with Gasteiger partial charge in [-0.25, -0.2) is 9.97 Å². The lowest BCUT2D eigenvalue weighted by Gasteiger charge is -2.42. The summed E-state index contributed by atoms with van der Waals surface area (Å²) in [5, 5.41) is 2.68. The molecule has 1 aromatic rings. The molecule has 0 aliphatic carbocycles. The van der Waals surface area contributed by atoms with E-state index in [1.54, 1.807) is 18.9 Å². The Hall–Kier alpha value is -2.02. The number of carbonyl (C=O) groups excluding carboxylic acids is 2. The van der Waals surface area contributed by atoms with Crippen molar-refractivity contribution in [3.05, 3.63) is 23.8 Å². The van der Waals surface area contributed by atoms with Crippen LogP contribution in [0.25, 0.3) is 0 Å². The fraction of sp³-hybridized carbons (Fsp3) is 0.600. The van der Waals surface area contributed by atoms with Crippen LogP contribution in [0.15, 0.2) is 12.4 Å². The first-order chi connectivity index (χ1) is 10.4. The maximum atomic E-state index is 12.5. The van der Waals surface area contributed by atoms with Crippen LogP contribution < -0.4 is 5.32 Å². The summed E-state index contributed by atoms with van der Waals surface area (Å²) in [5.41, 5.74) is 0.458. The van der Waals surface area contributed by atoms with Crippen molar-refractivity contribution in [3.8, 4) is 0 Å². The molecule has 0 aromatic carbocycles. The molecule has 1 aromatic heterocycles. The first-order valence-electron chi connectivity index (χ1n) is 7.49. The third-order valence-electron chi connectivity index (χ3n) is 3.95. The van der Waals surface area contributed by atoms with Gasteiger partial charge < -0.3 is 10.2 Å². The number of hydrogen-bond acceptors (Lipinski definition) is 5. The minimum Gasteiger partial charge on any atom is -0.358 e. The second-order valence-corrected chi connectivity index (χ2v) is 5.73. The number of aromatic nitrogens is 2. The van der Waals surface area contributed by atoms with Crippen LogP contribution in [-0.4, -0.2) is 70.3 Å². The molecule has 0 spiro atoms. The Morgan fingerprint density at radius 1 is 1.27 bits per heavy atom. The Balaban J connectivity index is 2.15. The van der Waals surface area contributed by atoms with Crippen LogP contribution in [0.4, 0.5) is 0 Å². The number of piperazine rings is 1. The van der Waals surface area contributed by atoms with E-state index in [0.29, 0.717) is 31.0 Å². The lowest BCUT2D eigenvalue weighted by atomic mass is 10.1. The average Bonchev–Trinajstić information content (AvgIpc) is 2.53. The number of rotatable bonds is 3. The van der Waals surface area contributed by atoms with Crippen LogP contribution in [0.5, 0.6) is 0 Å². The van der Waals surface area contributed by atoms with Gasteiger partial charge in [-0.2, -0.15) is 0 Å². The van der Waals surface area contributed by atoms with Crippen LogP contribution in [0, 0.1) is 6.92 Å². The predicted molar refractivity (Wildman–Crippen MR) is 82.4 cm³/mol. The van der Waals surface area contributed by atoms with Gasteiger partial charge in [0.1, 0.15) is 11.9 Å². The zero-order valence-corrected chi connectivity index (χ0v) is 13.5. The van der Waals surface area contributed by atoms with E-state index in [0.717, 1.165) is 0 Å². The van der Waals surface area contributed by atoms with Gasteiger partial charge in [0.25, 0.3) is 5.91 Å². The van der Waals surface area contributed by atoms with Gasteiger partial charge in [0.05, 0.1) is 5.56 Å². The lowest BCUT2D eigenvalue weighted by molar-refractivity contribution is -0.128. The van der Waals surface area contributed by atoms with E-state index in [1.165, 1.54) is 12.4 Å². The van der Waals surface area contributed by atoms with Crippen molar-refractivity contribution >= 4 is 11.8 Å². The SMILES string of the molecule is CNC(=O)[C@@H]1CN(C(=O)c2cnc(C)nc2)CCN1C(C)C. The van der Waals surface area contributed by atoms with Gasteiger partial charge in [0.15, 0.2) is 0 Å². The van der Waals surface area contributed by atoms with Crippen molar-refractivity contribution in [1.29, 1.82) is 0 Å². The Kier molecular flexibility index (Phi) is 5.07. The molecule has 2 amide bonds. The molecule has 120 valence electrons. The maximum Gasteiger partial charge on any atom is 0.257 e. The number of aryl methyl sites for hydroxylation is 1. The highest BCUT2D eigenvalue weighted by Crippen LogP contribution is 2.15. The summed E-state index contributed by atoms with van der Waals surface area (Å²) in [6.07, 6.45) is 3.07. The molecule has 0 radical (unpaired) electrons. The average molecular weight is 305 g/mol. The van der Waals surface area contributed by atoms with Crippen LogP contribution >= 0.6 is 0 Å². The summed E-state index contributed by atoms with van der Waals surface area (Å²) in [6, 6.07) is -0.0728. The smallest absolute Gasteiger partial charge is 0.257 e. The molecule has 2 heterocycles. The van der Waals surface area contributed by atoms with Crippen molar-refractivity contribution in [2.45, 2.75) is 32.9 Å². The molecular weight excluding hydrogens is 282 g/mol. The molecule has 1 N–H and O–H groups in total. The summed E-state index contributed by atoms with van der Waals surface area (Å²) < 4.78 is 0. The quantitative estimate of drug-likeness (QED) is 0.855. The molecule has 0 bridgehead atoms. The predicted octanol–water partition coefficient (Wildman–Crippen LogP) is 0.0658. The second kappa shape index (κ2) is 6.83. The molecule has 7 heteroatoms. The topological polar surface area (TPSA) is 78.4 Å². The van der Waals surface area contributed by atoms with Crippen molar-refractivity contribution in [2.24, 2.45) is 0 Å². The van der Waals surface area contributed by atoms with Gasteiger partial charge in [-0.15, -0.1) is 0 Å². The van der Waals surface area contributed by atoms with E-state index in [9.17, 15) is 9.59 Å². The van der Waals surface area contributed by atoms with Crippen LogP contribution in [0.1, 0.15) is 30.0 Å². The normalized spacial score (nSPS) is 19.3. The van der Waals surface area contributed by atoms with Crippen molar-refractivity contribution in [3.63, 3.8) is 0 Å². The third-order valence-corrected chi connectivity index (χ3v) is 3.95. The van der Waals surface area contributed by atoms with Crippen molar-refractivity contribution < 1.29 is 9.59 Å². The van der Waals surface area contributed by atoms with Crippen molar-refractivity contribution in [1.82, 2.24) is 25.1 Å². The number of nitrogens with zero attached hydrogens (tertiary/aromatic N) is 4. The van der Waals surface area contributed by atoms with E-state index >= 15 is 0 Å². The Bertz CT molecular complexity index is 543. The van der Waals surface area contributed by atoms with Crippen LogP contribution in [0.3, 0.4) is 0 Å². The summed E-state index contributed by atoms with van der Waals surface area (Å²) in [6.45, 7) is 7.54. The highest BCUT2D eigenvalue weighted by molar-refractivity contribution is 5.94. The highest BCUT2D eigenvalue weighted by atomic mass is 16.2. The molecule has 1 atom stereocenters. The van der Waals surface area contributed by atoms with Crippen LogP contribution in [-0.2, 0) is 4.79 Å². The van der Waals surface area contributed by atoms with Gasteiger partial charge in [-0.3, -0.25) is 14.5 Å². The number of nitrogens with one attached hydrogen (secondary N) is 1. The highest BCUT2D eigenvalue weighted by Gasteiger charge is 2.35. The Morgan fingerprint density at radius 2 is 1.91 bits per heavy atom. The van der Waals surface area contributed by atoms with Crippen LogP contribution in [0.2, 0.25) is 0 Å². The second-order valence-electron chi connectivity index (χ2n) is 5.73. The summed E-state index contributed by atoms with van der Waals surface area (Å²) in [5.74, 6) is 0.438. The summed E-state index contributed by atoms with van der Waals surface area (Å²) in [4.78, 5) is 36.6. The fourth-order valence-corrected chi connectivity index (χ4v) is 2.69. The van der Waals surface area contributed by atoms with Gasteiger partial charge in [0.2, 0.25) is 5.91 Å². The molecule has 7 nitrogen and oxygen atoms in total. The zero-order chi connectivity index (χ0) is 16.3. The fourth-order valence-electron chi connectivity index (χ4n) is 2.69. The largest absolute Gasteiger partial charge is 0.358 e. The molecule has 1 aliphatic heterocycles. The lowest BCUT2D eigenvalue weighted by Crippen LogP contribution is -2.61. The molecule has 22 heavy (non-hydrogen) atoms. The Labute approximate surface area is 130 Å². The van der Waals surface area contributed by atoms with E-state index in [2.05, 4.69) is 34.0 Å². The maximum absolute atomic E-state index is 12.5. The van der Waals surface area contributed by atoms with E-state index in [-0.39, 0.29) is 23.9 Å². The van der Waals surface area contributed by atoms with E-state index in [4.69, 9.17) is 0 Å². The molecule has 1 fully saturated rings. The number of amides is 2. The van der Waals surface area contributed by atoms with E-state index < -0.39 is 0 Å². The number of hydrogen-bond donors (Lipinski definition) is 1. The Morgan fingerprint density at radius 3 is 2.45 bits per heavy atom. The minimum absolute atomic E-state index is 0.0636. The monoisotopic (exact) mass is 305 g/mol. The first-order valence-corrected chi connectivity index (χ1v) is 7.49. The molecule has 1 saturated heterocycles.